The summed E-state index contributed by atoms with van der Waals surface area (Å²) in [7, 11) is 5.93. The molecule has 2 unspecified atom stereocenters. The molecule has 0 spiro atoms. The van der Waals surface area contributed by atoms with E-state index in [9.17, 15) is 19.8 Å². The van der Waals surface area contributed by atoms with Gasteiger partial charge in [-0.05, 0) is 6.42 Å². The van der Waals surface area contributed by atoms with Crippen molar-refractivity contribution in [3.05, 3.63) is 0 Å². The van der Waals surface area contributed by atoms with Gasteiger partial charge in [-0.2, -0.15) is 0 Å². The lowest BCUT2D eigenvalue weighted by molar-refractivity contribution is -0.870. The maximum Gasteiger partial charge on any atom is 0.361 e. The summed E-state index contributed by atoms with van der Waals surface area (Å²) in [4.78, 5) is 23.3. The number of quaternary nitrogens is 1. The van der Waals surface area contributed by atoms with Gasteiger partial charge in [0.05, 0.1) is 34.4 Å². The van der Waals surface area contributed by atoms with E-state index in [0.29, 0.717) is 17.4 Å². The maximum atomic E-state index is 12.0. The SMILES string of the molecule is CCCCCCCCCCCCCCCCCCCCCCCCCCCCCCCCCCCCCC(=O)OCC(O)COC(OCC[N+](C)(C)C)C(=O)O. The number of hydrogen-bond acceptors (Lipinski definition) is 6. The number of aliphatic carboxylic acids is 1. The number of carboxylic acids is 1. The maximum absolute atomic E-state index is 12.0. The first kappa shape index (κ1) is 54.8. The Morgan fingerprint density at radius 3 is 1.05 bits per heavy atom. The minimum atomic E-state index is -1.46. The summed E-state index contributed by atoms with van der Waals surface area (Å²) in [5, 5.41) is 19.3. The van der Waals surface area contributed by atoms with Crippen LogP contribution in [0.1, 0.15) is 238 Å². The molecule has 0 saturated heterocycles. The Morgan fingerprint density at radius 2 is 0.768 bits per heavy atom. The van der Waals surface area contributed by atoms with E-state index in [1.165, 1.54) is 205 Å². The average Bonchev–Trinajstić information content (AvgIpc) is 3.16. The van der Waals surface area contributed by atoms with E-state index in [1.807, 2.05) is 21.1 Å². The third-order valence-electron chi connectivity index (χ3n) is 11.1. The second-order valence-corrected chi connectivity index (χ2v) is 18.0. The molecule has 8 nitrogen and oxygen atoms in total. The quantitative estimate of drug-likeness (QED) is 0.0274. The first-order valence-electron chi connectivity index (χ1n) is 24.3. The van der Waals surface area contributed by atoms with Crippen molar-refractivity contribution in [2.24, 2.45) is 0 Å². The molecular formula is C48H96NO7+. The zero-order valence-corrected chi connectivity index (χ0v) is 37.8. The van der Waals surface area contributed by atoms with Gasteiger partial charge in [0.2, 0.25) is 0 Å². The topological polar surface area (TPSA) is 102 Å². The van der Waals surface area contributed by atoms with Crippen LogP contribution in [-0.4, -0.2) is 86.5 Å². The molecule has 0 saturated carbocycles. The Bertz CT molecular complexity index is 833. The number of carboxylic acid groups (broad SMARTS) is 1. The van der Waals surface area contributed by atoms with Crippen molar-refractivity contribution in [2.45, 2.75) is 250 Å². The summed E-state index contributed by atoms with van der Waals surface area (Å²) < 4.78 is 16.2. The van der Waals surface area contributed by atoms with Crippen LogP contribution in [0, 0.1) is 0 Å². The summed E-state index contributed by atoms with van der Waals surface area (Å²) in [5.74, 6) is -1.60. The minimum absolute atomic E-state index is 0.214. The van der Waals surface area contributed by atoms with E-state index in [4.69, 9.17) is 14.2 Å². The molecule has 0 radical (unpaired) electrons. The number of esters is 1. The summed E-state index contributed by atoms with van der Waals surface area (Å²) in [6.07, 6.45) is 46.2. The van der Waals surface area contributed by atoms with E-state index in [-0.39, 0.29) is 25.8 Å². The van der Waals surface area contributed by atoms with Gasteiger partial charge in [0.25, 0.3) is 6.29 Å². The first-order chi connectivity index (χ1) is 27.2. The molecule has 0 bridgehead atoms. The van der Waals surface area contributed by atoms with Gasteiger partial charge in [-0.15, -0.1) is 0 Å². The van der Waals surface area contributed by atoms with E-state index in [0.717, 1.165) is 19.3 Å². The Hall–Kier alpha value is -1.22. The highest BCUT2D eigenvalue weighted by Crippen LogP contribution is 2.17. The molecule has 0 aliphatic heterocycles. The number of nitrogens with zero attached hydrogens (tertiary/aromatic N) is 1. The molecule has 0 aliphatic rings. The summed E-state index contributed by atoms with van der Waals surface area (Å²) in [6.45, 7) is 2.63. The highest BCUT2D eigenvalue weighted by atomic mass is 16.7. The Kier molecular flexibility index (Phi) is 41.0. The molecule has 0 aromatic carbocycles. The molecule has 0 aromatic rings. The number of unbranched alkanes of at least 4 members (excludes halogenated alkanes) is 34. The molecule has 0 aliphatic carbocycles. The van der Waals surface area contributed by atoms with Gasteiger partial charge in [-0.25, -0.2) is 4.79 Å². The molecule has 0 heterocycles. The summed E-state index contributed by atoms with van der Waals surface area (Å²) in [5.41, 5.74) is 0. The van der Waals surface area contributed by atoms with Gasteiger partial charge in [0, 0.05) is 6.42 Å². The Morgan fingerprint density at radius 1 is 0.464 bits per heavy atom. The second-order valence-electron chi connectivity index (χ2n) is 18.0. The molecule has 0 fully saturated rings. The van der Waals surface area contributed by atoms with Crippen LogP contribution in [0.2, 0.25) is 0 Å². The Balaban J connectivity index is 3.31. The van der Waals surface area contributed by atoms with Crippen LogP contribution in [0.5, 0.6) is 0 Å². The van der Waals surface area contributed by atoms with Crippen molar-refractivity contribution in [3.8, 4) is 0 Å². The van der Waals surface area contributed by atoms with Crippen LogP contribution >= 0.6 is 0 Å². The fourth-order valence-electron chi connectivity index (χ4n) is 7.31. The number of rotatable bonds is 46. The van der Waals surface area contributed by atoms with Crippen LogP contribution in [0.25, 0.3) is 0 Å². The van der Waals surface area contributed by atoms with Crippen molar-refractivity contribution < 1.29 is 38.5 Å². The lowest BCUT2D eigenvalue weighted by Crippen LogP contribution is -2.40. The van der Waals surface area contributed by atoms with Crippen LogP contribution < -0.4 is 0 Å². The first-order valence-corrected chi connectivity index (χ1v) is 24.3. The van der Waals surface area contributed by atoms with Gasteiger partial charge in [0.1, 0.15) is 19.3 Å². The van der Waals surface area contributed by atoms with E-state index < -0.39 is 18.4 Å². The molecule has 2 atom stereocenters. The third-order valence-corrected chi connectivity index (χ3v) is 11.1. The minimum Gasteiger partial charge on any atom is -0.477 e. The van der Waals surface area contributed by atoms with Crippen molar-refractivity contribution in [1.29, 1.82) is 0 Å². The number of hydrogen-bond donors (Lipinski definition) is 2. The zero-order valence-electron chi connectivity index (χ0n) is 37.8. The van der Waals surface area contributed by atoms with E-state index in [2.05, 4.69) is 6.92 Å². The highest BCUT2D eigenvalue weighted by molar-refractivity contribution is 5.70. The molecule has 2 N–H and O–H groups in total. The van der Waals surface area contributed by atoms with Crippen LogP contribution in [0.15, 0.2) is 0 Å². The van der Waals surface area contributed by atoms with Crippen molar-refractivity contribution >= 4 is 11.9 Å². The lowest BCUT2D eigenvalue weighted by Gasteiger charge is -2.24. The predicted octanol–water partition coefficient (Wildman–Crippen LogP) is 13.1. The average molecular weight is 799 g/mol. The van der Waals surface area contributed by atoms with Crippen LogP contribution in [0.4, 0.5) is 0 Å². The van der Waals surface area contributed by atoms with Crippen molar-refractivity contribution in [1.82, 2.24) is 0 Å². The molecule has 0 amide bonds. The normalized spacial score (nSPS) is 12.9. The zero-order chi connectivity index (χ0) is 41.2. The third kappa shape index (κ3) is 43.9. The molecule has 56 heavy (non-hydrogen) atoms. The lowest BCUT2D eigenvalue weighted by atomic mass is 10.0. The molecule has 0 rings (SSSR count). The molecule has 8 heteroatoms. The van der Waals surface area contributed by atoms with Crippen molar-refractivity contribution in [3.63, 3.8) is 0 Å². The monoisotopic (exact) mass is 799 g/mol. The van der Waals surface area contributed by atoms with Gasteiger partial charge in [-0.1, -0.05) is 225 Å². The standard InChI is InChI=1S/C48H95NO7/c1-5-6-7-8-9-10-11-12-13-14-15-16-17-18-19-20-21-22-23-24-25-26-27-28-29-30-31-32-33-34-35-36-37-38-39-40-46(51)55-43-45(50)44-56-48(47(52)53)54-42-41-49(2,3)4/h45,48,50H,5-44H2,1-4H3/p+1. The fraction of sp³-hybridized carbons (Fsp3) is 0.958. The van der Waals surface area contributed by atoms with E-state index >= 15 is 0 Å². The second kappa shape index (κ2) is 41.9. The summed E-state index contributed by atoms with van der Waals surface area (Å²) >= 11 is 0. The van der Waals surface area contributed by atoms with Crippen molar-refractivity contribution in [2.75, 3.05) is 47.5 Å². The number of aliphatic hydroxyl groups is 1. The number of likely N-dealkylation sites (N-methyl/N-ethyl adjacent to an activating group) is 1. The van der Waals surface area contributed by atoms with Crippen LogP contribution in [0.3, 0.4) is 0 Å². The summed E-state index contributed by atoms with van der Waals surface area (Å²) in [6, 6.07) is 0. The molecule has 0 aromatic heterocycles. The number of carbonyl (C=O) groups is 2. The smallest absolute Gasteiger partial charge is 0.361 e. The largest absolute Gasteiger partial charge is 0.477 e. The van der Waals surface area contributed by atoms with E-state index in [1.54, 1.807) is 0 Å². The number of ether oxygens (including phenoxy) is 3. The number of carbonyl (C=O) groups excluding carboxylic acids is 1. The predicted molar refractivity (Wildman–Crippen MR) is 235 cm³/mol. The fourth-order valence-corrected chi connectivity index (χ4v) is 7.31. The van der Waals surface area contributed by atoms with Crippen LogP contribution in [-0.2, 0) is 23.8 Å². The van der Waals surface area contributed by atoms with Gasteiger partial charge in [0.15, 0.2) is 0 Å². The highest BCUT2D eigenvalue weighted by Gasteiger charge is 2.22. The Labute approximate surface area is 347 Å². The van der Waals surface area contributed by atoms with Gasteiger partial charge >= 0.3 is 11.9 Å². The number of aliphatic hydroxyl groups excluding tert-OH is 1. The molecular weight excluding hydrogens is 703 g/mol. The van der Waals surface area contributed by atoms with Gasteiger partial charge in [-0.3, -0.25) is 4.79 Å². The van der Waals surface area contributed by atoms with Gasteiger partial charge < -0.3 is 28.9 Å². The molecule has 334 valence electrons.